The Morgan fingerprint density at radius 2 is 1.10 bits per heavy atom. The number of ether oxygens (including phenoxy) is 2. The van der Waals surface area contributed by atoms with Crippen molar-refractivity contribution >= 4 is 12.4 Å². The summed E-state index contributed by atoms with van der Waals surface area (Å²) in [6.07, 6.45) is 8.73. The van der Waals surface area contributed by atoms with Crippen molar-refractivity contribution in [1.29, 1.82) is 0 Å². The van der Waals surface area contributed by atoms with E-state index in [2.05, 4.69) is 9.80 Å². The first-order chi connectivity index (χ1) is 9.90. The van der Waals surface area contributed by atoms with Crippen LogP contribution in [0.2, 0.25) is 0 Å². The van der Waals surface area contributed by atoms with Crippen LogP contribution in [-0.4, -0.2) is 74.5 Å². The van der Waals surface area contributed by atoms with Crippen LogP contribution in [0.3, 0.4) is 0 Å². The van der Waals surface area contributed by atoms with Gasteiger partial charge in [-0.15, -0.1) is 12.4 Å². The average Bonchev–Trinajstić information content (AvgIpc) is 2.51. The van der Waals surface area contributed by atoms with Gasteiger partial charge in [0.05, 0.1) is 12.2 Å². The average molecular weight is 319 g/mol. The number of rotatable bonds is 4. The SMILES string of the molecule is C1CCC(CN2CCN(CC3CCCCO3)CC2)OC1.Cl. The van der Waals surface area contributed by atoms with Crippen molar-refractivity contribution < 1.29 is 9.47 Å². The van der Waals surface area contributed by atoms with E-state index in [0.29, 0.717) is 12.2 Å². The van der Waals surface area contributed by atoms with Crippen LogP contribution in [0.25, 0.3) is 0 Å². The Hall–Kier alpha value is 0.130. The van der Waals surface area contributed by atoms with E-state index in [1.165, 1.54) is 64.7 Å². The van der Waals surface area contributed by atoms with E-state index < -0.39 is 0 Å². The van der Waals surface area contributed by atoms with Crippen molar-refractivity contribution in [3.05, 3.63) is 0 Å². The van der Waals surface area contributed by atoms with Crippen LogP contribution in [0, 0.1) is 0 Å². The van der Waals surface area contributed by atoms with Crippen molar-refractivity contribution in [3.63, 3.8) is 0 Å². The molecule has 3 rings (SSSR count). The second-order valence-corrected chi connectivity index (χ2v) is 6.58. The molecule has 2 unspecified atom stereocenters. The maximum absolute atomic E-state index is 5.85. The first-order valence-electron chi connectivity index (χ1n) is 8.58. The van der Waals surface area contributed by atoms with Crippen molar-refractivity contribution in [3.8, 4) is 0 Å². The first kappa shape index (κ1) is 17.5. The van der Waals surface area contributed by atoms with Crippen LogP contribution >= 0.6 is 12.4 Å². The molecule has 0 amide bonds. The molecular weight excluding hydrogens is 288 g/mol. The highest BCUT2D eigenvalue weighted by Crippen LogP contribution is 2.17. The molecule has 3 saturated heterocycles. The summed E-state index contributed by atoms with van der Waals surface area (Å²) in [4.78, 5) is 5.18. The third-order valence-corrected chi connectivity index (χ3v) is 4.94. The van der Waals surface area contributed by atoms with Gasteiger partial charge < -0.3 is 9.47 Å². The van der Waals surface area contributed by atoms with E-state index in [4.69, 9.17) is 9.47 Å². The van der Waals surface area contributed by atoms with E-state index in [1.807, 2.05) is 0 Å². The van der Waals surface area contributed by atoms with Gasteiger partial charge in [0.15, 0.2) is 0 Å². The molecule has 3 aliphatic rings. The lowest BCUT2D eigenvalue weighted by molar-refractivity contribution is -0.0299. The van der Waals surface area contributed by atoms with Gasteiger partial charge in [-0.2, -0.15) is 0 Å². The highest BCUT2D eigenvalue weighted by Gasteiger charge is 2.24. The third-order valence-electron chi connectivity index (χ3n) is 4.94. The molecule has 0 aromatic carbocycles. The molecule has 3 aliphatic heterocycles. The number of nitrogens with zero attached hydrogens (tertiary/aromatic N) is 2. The molecule has 3 fully saturated rings. The highest BCUT2D eigenvalue weighted by molar-refractivity contribution is 5.85. The molecule has 0 N–H and O–H groups in total. The summed E-state index contributed by atoms with van der Waals surface area (Å²) >= 11 is 0. The number of hydrogen-bond donors (Lipinski definition) is 0. The number of hydrogen-bond acceptors (Lipinski definition) is 4. The Labute approximate surface area is 135 Å². The van der Waals surface area contributed by atoms with Crippen LogP contribution in [-0.2, 0) is 9.47 Å². The highest BCUT2D eigenvalue weighted by atomic mass is 35.5. The lowest BCUT2D eigenvalue weighted by Crippen LogP contribution is -2.51. The summed E-state index contributed by atoms with van der Waals surface area (Å²) in [5.74, 6) is 0. The largest absolute Gasteiger partial charge is 0.377 e. The molecule has 0 bridgehead atoms. The lowest BCUT2D eigenvalue weighted by atomic mass is 10.1. The van der Waals surface area contributed by atoms with Gasteiger partial charge >= 0.3 is 0 Å². The smallest absolute Gasteiger partial charge is 0.0702 e. The van der Waals surface area contributed by atoms with Crippen molar-refractivity contribution in [2.24, 2.45) is 0 Å². The maximum atomic E-state index is 5.85. The number of piperazine rings is 1. The van der Waals surface area contributed by atoms with E-state index in [-0.39, 0.29) is 12.4 Å². The molecule has 21 heavy (non-hydrogen) atoms. The van der Waals surface area contributed by atoms with E-state index >= 15 is 0 Å². The molecule has 4 nitrogen and oxygen atoms in total. The van der Waals surface area contributed by atoms with Crippen LogP contribution in [0.5, 0.6) is 0 Å². The molecule has 2 atom stereocenters. The topological polar surface area (TPSA) is 24.9 Å². The molecule has 124 valence electrons. The van der Waals surface area contributed by atoms with Gasteiger partial charge in [-0.25, -0.2) is 0 Å². The Kier molecular flexibility index (Phi) is 7.75. The molecule has 0 radical (unpaired) electrons. The molecule has 0 aliphatic carbocycles. The van der Waals surface area contributed by atoms with Crippen LogP contribution in [0.4, 0.5) is 0 Å². The van der Waals surface area contributed by atoms with Gasteiger partial charge in [0.1, 0.15) is 0 Å². The Morgan fingerprint density at radius 3 is 1.43 bits per heavy atom. The molecule has 0 aromatic heterocycles. The molecule has 3 heterocycles. The minimum absolute atomic E-state index is 0. The van der Waals surface area contributed by atoms with Crippen LogP contribution in [0.1, 0.15) is 38.5 Å². The van der Waals surface area contributed by atoms with E-state index in [1.54, 1.807) is 0 Å². The van der Waals surface area contributed by atoms with Crippen molar-refractivity contribution in [1.82, 2.24) is 9.80 Å². The standard InChI is InChI=1S/C16H30N2O2.ClH/c1-3-11-19-15(5-1)13-17-7-9-18(10-8-17)14-16-6-2-4-12-20-16;/h15-16H,1-14H2;1H. The summed E-state index contributed by atoms with van der Waals surface area (Å²) in [6, 6.07) is 0. The molecule has 5 heteroatoms. The summed E-state index contributed by atoms with van der Waals surface area (Å²) in [5.41, 5.74) is 0. The van der Waals surface area contributed by atoms with Crippen molar-refractivity contribution in [2.75, 3.05) is 52.5 Å². The fraction of sp³-hybridized carbons (Fsp3) is 1.00. The summed E-state index contributed by atoms with van der Waals surface area (Å²) < 4.78 is 11.7. The van der Waals surface area contributed by atoms with Gasteiger partial charge in [-0.3, -0.25) is 9.80 Å². The fourth-order valence-corrected chi connectivity index (χ4v) is 3.63. The zero-order chi connectivity index (χ0) is 13.6. The van der Waals surface area contributed by atoms with Gasteiger partial charge in [-0.1, -0.05) is 0 Å². The van der Waals surface area contributed by atoms with Gasteiger partial charge in [0.25, 0.3) is 0 Å². The second-order valence-electron chi connectivity index (χ2n) is 6.58. The van der Waals surface area contributed by atoms with Gasteiger partial charge in [0.2, 0.25) is 0 Å². The minimum Gasteiger partial charge on any atom is -0.377 e. The normalized spacial score (nSPS) is 32.6. The zero-order valence-electron chi connectivity index (χ0n) is 13.2. The number of halogens is 1. The summed E-state index contributed by atoms with van der Waals surface area (Å²) in [6.45, 7) is 9.05. The molecule has 0 aromatic rings. The van der Waals surface area contributed by atoms with Crippen LogP contribution < -0.4 is 0 Å². The van der Waals surface area contributed by atoms with Gasteiger partial charge in [-0.05, 0) is 38.5 Å². The van der Waals surface area contributed by atoms with E-state index in [9.17, 15) is 0 Å². The molecule has 0 spiro atoms. The van der Waals surface area contributed by atoms with Crippen molar-refractivity contribution in [2.45, 2.75) is 50.7 Å². The van der Waals surface area contributed by atoms with Gasteiger partial charge in [0, 0.05) is 52.5 Å². The second kappa shape index (κ2) is 9.31. The van der Waals surface area contributed by atoms with Crippen LogP contribution in [0.15, 0.2) is 0 Å². The third kappa shape index (κ3) is 5.68. The Balaban J connectivity index is 0.00000161. The monoisotopic (exact) mass is 318 g/mol. The predicted octanol–water partition coefficient (Wildman–Crippen LogP) is 2.16. The first-order valence-corrected chi connectivity index (χ1v) is 8.58. The quantitative estimate of drug-likeness (QED) is 0.793. The Morgan fingerprint density at radius 1 is 0.667 bits per heavy atom. The molecular formula is C16H31ClN2O2. The minimum atomic E-state index is 0. The predicted molar refractivity (Wildman–Crippen MR) is 87.3 cm³/mol. The Bertz CT molecular complexity index is 245. The lowest BCUT2D eigenvalue weighted by Gasteiger charge is -2.38. The summed E-state index contributed by atoms with van der Waals surface area (Å²) in [7, 11) is 0. The fourth-order valence-electron chi connectivity index (χ4n) is 3.63. The zero-order valence-corrected chi connectivity index (χ0v) is 14.0. The van der Waals surface area contributed by atoms with E-state index in [0.717, 1.165) is 26.3 Å². The summed E-state index contributed by atoms with van der Waals surface area (Å²) in [5, 5.41) is 0. The molecule has 0 saturated carbocycles. The maximum Gasteiger partial charge on any atom is 0.0702 e.